The van der Waals surface area contributed by atoms with Crippen molar-refractivity contribution >= 4 is 5.97 Å². The van der Waals surface area contributed by atoms with Crippen LogP contribution in [0.1, 0.15) is 73.5 Å². The monoisotopic (exact) mass is 350 g/mol. The number of benzene rings is 2. The van der Waals surface area contributed by atoms with E-state index in [4.69, 9.17) is 4.74 Å². The van der Waals surface area contributed by atoms with Gasteiger partial charge in [-0.25, -0.2) is 4.79 Å². The van der Waals surface area contributed by atoms with Gasteiger partial charge in [-0.1, -0.05) is 70.0 Å². The molecule has 2 nitrogen and oxygen atoms in total. The first-order valence-corrected chi connectivity index (χ1v) is 9.66. The van der Waals surface area contributed by atoms with Gasteiger partial charge >= 0.3 is 5.97 Å². The second-order valence-electron chi connectivity index (χ2n) is 8.71. The van der Waals surface area contributed by atoms with Crippen LogP contribution in [0.15, 0.2) is 48.5 Å². The fraction of sp³-hybridized carbons (Fsp3) is 0.458. The van der Waals surface area contributed by atoms with Crippen molar-refractivity contribution in [2.24, 2.45) is 0 Å². The number of hydrogen-bond donors (Lipinski definition) is 0. The molecule has 0 bridgehead atoms. The minimum atomic E-state index is -0.212. The van der Waals surface area contributed by atoms with Crippen LogP contribution < -0.4 is 0 Å². The molecule has 1 aliphatic rings. The van der Waals surface area contributed by atoms with Crippen molar-refractivity contribution in [2.75, 3.05) is 6.61 Å². The van der Waals surface area contributed by atoms with Crippen LogP contribution in [0.3, 0.4) is 0 Å². The highest BCUT2D eigenvalue weighted by Gasteiger charge is 2.37. The third-order valence-electron chi connectivity index (χ3n) is 5.70. The average Bonchev–Trinajstić information content (AvgIpc) is 3.09. The Balaban J connectivity index is 1.75. The summed E-state index contributed by atoms with van der Waals surface area (Å²) in [5.74, 6) is -0.212. The number of rotatable bonds is 4. The van der Waals surface area contributed by atoms with Crippen LogP contribution in [0.25, 0.3) is 0 Å². The summed E-state index contributed by atoms with van der Waals surface area (Å²) in [5.41, 5.74) is 4.42. The van der Waals surface area contributed by atoms with Crippen molar-refractivity contribution in [1.82, 2.24) is 0 Å². The highest BCUT2D eigenvalue weighted by Crippen LogP contribution is 2.41. The van der Waals surface area contributed by atoms with Crippen LogP contribution in [-0.2, 0) is 15.6 Å². The molecule has 0 amide bonds. The number of aryl methyl sites for hydroxylation is 1. The van der Waals surface area contributed by atoms with Crippen LogP contribution in [0.4, 0.5) is 0 Å². The summed E-state index contributed by atoms with van der Waals surface area (Å²) in [4.78, 5) is 12.7. The highest BCUT2D eigenvalue weighted by molar-refractivity contribution is 5.89. The number of carbonyl (C=O) groups is 1. The van der Waals surface area contributed by atoms with E-state index >= 15 is 0 Å². The summed E-state index contributed by atoms with van der Waals surface area (Å²) in [5, 5.41) is 0. The molecular weight excluding hydrogens is 320 g/mol. The maximum atomic E-state index is 12.7. The Morgan fingerprint density at radius 1 is 1.04 bits per heavy atom. The highest BCUT2D eigenvalue weighted by atomic mass is 16.5. The molecule has 0 unspecified atom stereocenters. The molecular formula is C24H30O2. The van der Waals surface area contributed by atoms with Gasteiger partial charge in [0, 0.05) is 5.41 Å². The van der Waals surface area contributed by atoms with E-state index in [1.807, 2.05) is 18.2 Å². The average molecular weight is 351 g/mol. The van der Waals surface area contributed by atoms with Crippen LogP contribution in [0, 0.1) is 6.92 Å². The largest absolute Gasteiger partial charge is 0.461 e. The molecule has 1 aliphatic carbocycles. The van der Waals surface area contributed by atoms with Gasteiger partial charge in [-0.2, -0.15) is 0 Å². The fourth-order valence-corrected chi connectivity index (χ4v) is 4.28. The van der Waals surface area contributed by atoms with Gasteiger partial charge in [-0.05, 0) is 54.0 Å². The van der Waals surface area contributed by atoms with Gasteiger partial charge in [-0.15, -0.1) is 0 Å². The minimum Gasteiger partial charge on any atom is -0.461 e. The zero-order valence-corrected chi connectivity index (χ0v) is 16.5. The van der Waals surface area contributed by atoms with Crippen molar-refractivity contribution in [3.05, 3.63) is 70.8 Å². The lowest BCUT2D eigenvalue weighted by atomic mass is 9.80. The summed E-state index contributed by atoms with van der Waals surface area (Å²) >= 11 is 0. The Morgan fingerprint density at radius 3 is 2.27 bits per heavy atom. The Bertz CT molecular complexity index is 763. The van der Waals surface area contributed by atoms with Crippen molar-refractivity contribution in [1.29, 1.82) is 0 Å². The Hall–Kier alpha value is -2.09. The molecule has 0 aliphatic heterocycles. The first-order valence-electron chi connectivity index (χ1n) is 9.66. The first-order chi connectivity index (χ1) is 12.3. The fourth-order valence-electron chi connectivity index (χ4n) is 4.28. The predicted molar refractivity (Wildman–Crippen MR) is 107 cm³/mol. The summed E-state index contributed by atoms with van der Waals surface area (Å²) in [6, 6.07) is 16.5. The zero-order valence-electron chi connectivity index (χ0n) is 16.5. The number of hydrogen-bond acceptors (Lipinski definition) is 2. The molecule has 26 heavy (non-hydrogen) atoms. The van der Waals surface area contributed by atoms with Gasteiger partial charge in [0.25, 0.3) is 0 Å². The van der Waals surface area contributed by atoms with Crippen molar-refractivity contribution < 1.29 is 9.53 Å². The van der Waals surface area contributed by atoms with Gasteiger partial charge in [0.15, 0.2) is 0 Å². The Kier molecular flexibility index (Phi) is 5.22. The van der Waals surface area contributed by atoms with Crippen LogP contribution in [-0.4, -0.2) is 12.6 Å². The Labute approximate surface area is 157 Å². The predicted octanol–water partition coefficient (Wildman–Crippen LogP) is 5.96. The summed E-state index contributed by atoms with van der Waals surface area (Å²) < 4.78 is 5.81. The van der Waals surface area contributed by atoms with E-state index in [2.05, 4.69) is 58.0 Å². The molecule has 0 atom stereocenters. The summed E-state index contributed by atoms with van der Waals surface area (Å²) in [7, 11) is 0. The lowest BCUT2D eigenvalue weighted by molar-refractivity contribution is 0.0402. The summed E-state index contributed by atoms with van der Waals surface area (Å²) in [6.07, 6.45) is 4.58. The molecule has 0 aromatic heterocycles. The first kappa shape index (κ1) is 18.7. The van der Waals surface area contributed by atoms with E-state index in [-0.39, 0.29) is 16.8 Å². The number of carbonyl (C=O) groups excluding carboxylic acids is 1. The van der Waals surface area contributed by atoms with Crippen molar-refractivity contribution in [3.8, 4) is 0 Å². The Morgan fingerprint density at radius 2 is 1.69 bits per heavy atom. The van der Waals surface area contributed by atoms with Gasteiger partial charge in [0.1, 0.15) is 6.61 Å². The molecule has 0 N–H and O–H groups in total. The second-order valence-corrected chi connectivity index (χ2v) is 8.71. The minimum absolute atomic E-state index is 0.0166. The normalized spacial score (nSPS) is 16.5. The second kappa shape index (κ2) is 7.26. The third-order valence-corrected chi connectivity index (χ3v) is 5.70. The topological polar surface area (TPSA) is 26.3 Å². The van der Waals surface area contributed by atoms with Gasteiger partial charge in [0.2, 0.25) is 0 Å². The van der Waals surface area contributed by atoms with Gasteiger partial charge in [-0.3, -0.25) is 0 Å². The molecule has 0 radical (unpaired) electrons. The zero-order chi connectivity index (χ0) is 18.8. The molecule has 2 aromatic rings. The lowest BCUT2D eigenvalue weighted by Crippen LogP contribution is -2.30. The third kappa shape index (κ3) is 3.85. The molecule has 3 rings (SSSR count). The molecule has 0 saturated heterocycles. The standard InChI is InChI=1S/C24H30O2/c1-18-16-19(12-13-21(18)23(2,3)4)22(25)26-17-24(14-8-9-15-24)20-10-6-5-7-11-20/h5-7,10-13,16H,8-9,14-15,17H2,1-4H3. The maximum Gasteiger partial charge on any atom is 0.338 e. The maximum absolute atomic E-state index is 12.7. The summed E-state index contributed by atoms with van der Waals surface area (Å²) in [6.45, 7) is 9.11. The van der Waals surface area contributed by atoms with E-state index in [9.17, 15) is 4.79 Å². The molecule has 0 spiro atoms. The van der Waals surface area contributed by atoms with Crippen molar-refractivity contribution in [3.63, 3.8) is 0 Å². The van der Waals surface area contributed by atoms with Crippen LogP contribution in [0.5, 0.6) is 0 Å². The SMILES string of the molecule is Cc1cc(C(=O)OCC2(c3ccccc3)CCCC2)ccc1C(C)(C)C. The van der Waals surface area contributed by atoms with Crippen molar-refractivity contribution in [2.45, 2.75) is 64.2 Å². The lowest BCUT2D eigenvalue weighted by Gasteiger charge is -2.29. The quantitative estimate of drug-likeness (QED) is 0.636. The molecule has 1 fully saturated rings. The van der Waals surface area contributed by atoms with E-state index in [0.717, 1.165) is 18.4 Å². The molecule has 1 saturated carbocycles. The van der Waals surface area contributed by atoms with Gasteiger partial charge in [0.05, 0.1) is 5.56 Å². The van der Waals surface area contributed by atoms with E-state index < -0.39 is 0 Å². The molecule has 2 aromatic carbocycles. The van der Waals surface area contributed by atoms with E-state index in [0.29, 0.717) is 12.2 Å². The van der Waals surface area contributed by atoms with E-state index in [1.54, 1.807) is 0 Å². The van der Waals surface area contributed by atoms with Crippen LogP contribution >= 0.6 is 0 Å². The molecule has 0 heterocycles. The number of esters is 1. The van der Waals surface area contributed by atoms with Crippen LogP contribution in [0.2, 0.25) is 0 Å². The van der Waals surface area contributed by atoms with E-state index in [1.165, 1.54) is 24.0 Å². The smallest absolute Gasteiger partial charge is 0.338 e. The van der Waals surface area contributed by atoms with Gasteiger partial charge < -0.3 is 4.74 Å². The molecule has 2 heteroatoms. The molecule has 138 valence electrons. The number of ether oxygens (including phenoxy) is 1.